The van der Waals surface area contributed by atoms with Crippen molar-refractivity contribution in [1.82, 2.24) is 15.2 Å². The van der Waals surface area contributed by atoms with Gasteiger partial charge in [-0.25, -0.2) is 9.80 Å². The second kappa shape index (κ2) is 9.91. The summed E-state index contributed by atoms with van der Waals surface area (Å²) < 4.78 is 5.32. The summed E-state index contributed by atoms with van der Waals surface area (Å²) in [6.07, 6.45) is 1.43. The number of ether oxygens (including phenoxy) is 1. The molecular weight excluding hydrogens is 380 g/mol. The monoisotopic (exact) mass is 408 g/mol. The zero-order valence-corrected chi connectivity index (χ0v) is 17.7. The Morgan fingerprint density at radius 3 is 2.67 bits per heavy atom. The summed E-state index contributed by atoms with van der Waals surface area (Å²) in [6, 6.07) is 17.0. The number of amides is 3. The van der Waals surface area contributed by atoms with E-state index < -0.39 is 0 Å². The topological polar surface area (TPSA) is 74.2 Å². The van der Waals surface area contributed by atoms with Crippen LogP contribution in [0.5, 0.6) is 5.75 Å². The van der Waals surface area contributed by atoms with Crippen molar-refractivity contribution in [3.05, 3.63) is 65.7 Å². The molecule has 2 aromatic carbocycles. The van der Waals surface area contributed by atoms with Crippen LogP contribution in [-0.2, 0) is 4.79 Å². The average Bonchev–Trinajstić information content (AvgIpc) is 3.23. The number of likely N-dealkylation sites (N-methyl/N-ethyl adjacent to an activating group) is 1. The van der Waals surface area contributed by atoms with Crippen molar-refractivity contribution in [2.75, 3.05) is 27.2 Å². The molecule has 158 valence electrons. The Morgan fingerprint density at radius 2 is 1.97 bits per heavy atom. The van der Waals surface area contributed by atoms with Crippen LogP contribution in [0.3, 0.4) is 0 Å². The summed E-state index contributed by atoms with van der Waals surface area (Å²) in [5.74, 6) is 0.513. The summed E-state index contributed by atoms with van der Waals surface area (Å²) in [4.78, 5) is 26.6. The smallest absolute Gasteiger partial charge is 0.317 e. The fraction of sp³-hybridized carbons (Fsp3) is 0.348. The van der Waals surface area contributed by atoms with E-state index in [0.717, 1.165) is 29.0 Å². The summed E-state index contributed by atoms with van der Waals surface area (Å²) in [6.45, 7) is 2.51. The molecule has 0 aliphatic carbocycles. The van der Waals surface area contributed by atoms with Gasteiger partial charge in [0, 0.05) is 25.6 Å². The highest BCUT2D eigenvalue weighted by Crippen LogP contribution is 2.33. The maximum atomic E-state index is 13.1. The molecule has 2 aromatic rings. The number of hydrogen-bond acceptors (Lipinski definition) is 4. The molecule has 0 bridgehead atoms. The first-order valence-corrected chi connectivity index (χ1v) is 10.1. The van der Waals surface area contributed by atoms with E-state index in [-0.39, 0.29) is 24.5 Å². The number of nitrogens with zero attached hydrogens (tertiary/aromatic N) is 3. The lowest BCUT2D eigenvalue weighted by Crippen LogP contribution is -2.43. The summed E-state index contributed by atoms with van der Waals surface area (Å²) >= 11 is 0. The fourth-order valence-corrected chi connectivity index (χ4v) is 3.37. The van der Waals surface area contributed by atoms with Crippen LogP contribution < -0.4 is 10.1 Å². The number of methoxy groups -OCH3 is 1. The maximum absolute atomic E-state index is 13.1. The minimum absolute atomic E-state index is 0.0478. The first-order valence-electron chi connectivity index (χ1n) is 10.1. The molecule has 0 spiro atoms. The van der Waals surface area contributed by atoms with E-state index in [0.29, 0.717) is 13.0 Å². The van der Waals surface area contributed by atoms with Gasteiger partial charge in [0.2, 0.25) is 0 Å². The Hall–Kier alpha value is -3.35. The molecular formula is C23H28N4O3. The van der Waals surface area contributed by atoms with Gasteiger partial charge in [-0.05, 0) is 24.1 Å². The number of hydrogen-bond donors (Lipinski definition) is 1. The second-order valence-electron chi connectivity index (χ2n) is 7.24. The Bertz CT molecular complexity index is 914. The predicted octanol–water partition coefficient (Wildman–Crippen LogP) is 3.42. The first kappa shape index (κ1) is 21.4. The zero-order chi connectivity index (χ0) is 21.5. The molecule has 0 aromatic heterocycles. The molecule has 0 saturated heterocycles. The molecule has 1 aliphatic rings. The molecule has 1 N–H and O–H groups in total. The van der Waals surface area contributed by atoms with Crippen molar-refractivity contribution in [2.45, 2.75) is 25.8 Å². The number of urea groups is 1. The molecule has 1 aliphatic heterocycles. The van der Waals surface area contributed by atoms with Crippen molar-refractivity contribution in [2.24, 2.45) is 5.10 Å². The first-order chi connectivity index (χ1) is 14.5. The molecule has 1 atom stereocenters. The summed E-state index contributed by atoms with van der Waals surface area (Å²) in [5.41, 5.74) is 2.74. The lowest BCUT2D eigenvalue weighted by Gasteiger charge is -2.25. The van der Waals surface area contributed by atoms with Gasteiger partial charge < -0.3 is 15.0 Å². The van der Waals surface area contributed by atoms with Gasteiger partial charge in [-0.2, -0.15) is 5.10 Å². The Morgan fingerprint density at radius 1 is 1.20 bits per heavy atom. The van der Waals surface area contributed by atoms with Crippen molar-refractivity contribution >= 4 is 17.6 Å². The van der Waals surface area contributed by atoms with E-state index in [1.165, 1.54) is 9.91 Å². The van der Waals surface area contributed by atoms with Gasteiger partial charge in [0.1, 0.15) is 12.3 Å². The van der Waals surface area contributed by atoms with Crippen LogP contribution in [0.4, 0.5) is 4.79 Å². The van der Waals surface area contributed by atoms with E-state index in [1.54, 1.807) is 14.2 Å². The van der Waals surface area contributed by atoms with E-state index in [4.69, 9.17) is 4.74 Å². The third-order valence-corrected chi connectivity index (χ3v) is 5.00. The van der Waals surface area contributed by atoms with E-state index in [1.807, 2.05) is 61.5 Å². The molecule has 3 amide bonds. The van der Waals surface area contributed by atoms with Crippen LogP contribution in [0, 0.1) is 0 Å². The lowest BCUT2D eigenvalue weighted by molar-refractivity contribution is -0.133. The van der Waals surface area contributed by atoms with Crippen LogP contribution in [-0.4, -0.2) is 54.8 Å². The molecule has 3 rings (SSSR count). The van der Waals surface area contributed by atoms with Crippen molar-refractivity contribution < 1.29 is 14.3 Å². The van der Waals surface area contributed by atoms with Gasteiger partial charge in [0.25, 0.3) is 5.91 Å². The number of benzene rings is 2. The predicted molar refractivity (Wildman–Crippen MR) is 116 cm³/mol. The molecule has 7 nitrogen and oxygen atoms in total. The molecule has 7 heteroatoms. The number of nitrogens with one attached hydrogen (secondary N) is 1. The Balaban J connectivity index is 1.84. The van der Waals surface area contributed by atoms with Crippen molar-refractivity contribution in [1.29, 1.82) is 0 Å². The highest BCUT2D eigenvalue weighted by molar-refractivity contribution is 6.03. The normalized spacial score (nSPS) is 15.5. The molecule has 1 heterocycles. The van der Waals surface area contributed by atoms with Crippen LogP contribution in [0.25, 0.3) is 0 Å². The van der Waals surface area contributed by atoms with Crippen LogP contribution in [0.1, 0.15) is 36.9 Å². The fourth-order valence-electron chi connectivity index (χ4n) is 3.37. The highest BCUT2D eigenvalue weighted by Gasteiger charge is 2.33. The Labute approximate surface area is 177 Å². The molecule has 0 unspecified atom stereocenters. The van der Waals surface area contributed by atoms with E-state index in [9.17, 15) is 9.59 Å². The molecule has 0 radical (unpaired) electrons. The van der Waals surface area contributed by atoms with Crippen molar-refractivity contribution in [3.63, 3.8) is 0 Å². The molecule has 0 fully saturated rings. The van der Waals surface area contributed by atoms with Gasteiger partial charge in [0.05, 0.1) is 18.9 Å². The van der Waals surface area contributed by atoms with E-state index in [2.05, 4.69) is 10.4 Å². The van der Waals surface area contributed by atoms with Crippen molar-refractivity contribution in [3.8, 4) is 5.75 Å². The number of carbonyl (C=O) groups is 2. The third-order valence-electron chi connectivity index (χ3n) is 5.00. The number of carbonyl (C=O) groups excluding carboxylic acids is 2. The number of hydrazone groups is 1. The lowest BCUT2D eigenvalue weighted by atomic mass is 9.98. The largest absolute Gasteiger partial charge is 0.497 e. The van der Waals surface area contributed by atoms with Crippen LogP contribution >= 0.6 is 0 Å². The van der Waals surface area contributed by atoms with Gasteiger partial charge >= 0.3 is 6.03 Å². The summed E-state index contributed by atoms with van der Waals surface area (Å²) in [7, 11) is 3.24. The average molecular weight is 409 g/mol. The maximum Gasteiger partial charge on any atom is 0.317 e. The molecule has 30 heavy (non-hydrogen) atoms. The van der Waals surface area contributed by atoms with E-state index >= 15 is 0 Å². The zero-order valence-electron chi connectivity index (χ0n) is 17.7. The standard InChI is InChI=1S/C23H28N4O3/c1-4-13-24-23(29)26(2)16-22(28)27-21(17-9-6-5-7-10-17)15-20(25-27)18-11-8-12-19(14-18)30-3/h5-12,14,21H,4,13,15-16H2,1-3H3,(H,24,29)/t21-/m0/s1. The van der Waals surface area contributed by atoms with Gasteiger partial charge in [-0.15, -0.1) is 0 Å². The third kappa shape index (κ3) is 4.97. The van der Waals surface area contributed by atoms with Gasteiger partial charge in [-0.3, -0.25) is 4.79 Å². The molecule has 0 saturated carbocycles. The quantitative estimate of drug-likeness (QED) is 0.763. The number of rotatable bonds is 7. The van der Waals surface area contributed by atoms with Gasteiger partial charge in [0.15, 0.2) is 0 Å². The SMILES string of the molecule is CCCNC(=O)N(C)CC(=O)N1N=C(c2cccc(OC)c2)C[C@H]1c1ccccc1. The van der Waals surface area contributed by atoms with Gasteiger partial charge in [-0.1, -0.05) is 49.4 Å². The Kier molecular flexibility index (Phi) is 7.06. The van der Waals surface area contributed by atoms with Crippen LogP contribution in [0.15, 0.2) is 59.7 Å². The van der Waals surface area contributed by atoms with Crippen LogP contribution in [0.2, 0.25) is 0 Å². The second-order valence-corrected chi connectivity index (χ2v) is 7.24. The minimum atomic E-state index is -0.266. The summed E-state index contributed by atoms with van der Waals surface area (Å²) in [5, 5.41) is 8.94. The minimum Gasteiger partial charge on any atom is -0.497 e. The highest BCUT2D eigenvalue weighted by atomic mass is 16.5.